The number of nitrogens with zero attached hydrogens (tertiary/aromatic N) is 1. The summed E-state index contributed by atoms with van der Waals surface area (Å²) in [6, 6.07) is 0.0368. The highest BCUT2D eigenvalue weighted by atomic mass is 16.2. The number of hydrogen-bond acceptors (Lipinski definition) is 3. The molecule has 2 heterocycles. The van der Waals surface area contributed by atoms with Crippen molar-refractivity contribution >= 4 is 11.8 Å². The van der Waals surface area contributed by atoms with Gasteiger partial charge in [-0.2, -0.15) is 0 Å². The van der Waals surface area contributed by atoms with E-state index in [4.69, 9.17) is 0 Å². The van der Waals surface area contributed by atoms with Gasteiger partial charge in [-0.25, -0.2) is 0 Å². The summed E-state index contributed by atoms with van der Waals surface area (Å²) < 4.78 is 0. The van der Waals surface area contributed by atoms with Crippen LogP contribution in [0.15, 0.2) is 0 Å². The molecule has 0 aromatic rings. The van der Waals surface area contributed by atoms with Gasteiger partial charge >= 0.3 is 0 Å². The number of carbonyl (C=O) groups is 2. The van der Waals surface area contributed by atoms with Crippen LogP contribution in [0.1, 0.15) is 39.0 Å². The Kier molecular flexibility index (Phi) is 4.58. The predicted molar refractivity (Wildman–Crippen MR) is 69.1 cm³/mol. The van der Waals surface area contributed by atoms with Crippen molar-refractivity contribution < 1.29 is 9.59 Å². The van der Waals surface area contributed by atoms with Crippen LogP contribution in [0.25, 0.3) is 0 Å². The zero-order valence-electron chi connectivity index (χ0n) is 11.1. The lowest BCUT2D eigenvalue weighted by molar-refractivity contribution is -0.133. The van der Waals surface area contributed by atoms with Gasteiger partial charge in [0, 0.05) is 32.1 Å². The highest BCUT2D eigenvalue weighted by molar-refractivity contribution is 5.81. The topological polar surface area (TPSA) is 61.4 Å². The third kappa shape index (κ3) is 3.45. The van der Waals surface area contributed by atoms with Crippen molar-refractivity contribution in [1.29, 1.82) is 0 Å². The number of nitrogens with one attached hydrogen (secondary N) is 2. The zero-order chi connectivity index (χ0) is 13.0. The van der Waals surface area contributed by atoms with Gasteiger partial charge in [0.2, 0.25) is 11.8 Å². The molecule has 2 fully saturated rings. The summed E-state index contributed by atoms with van der Waals surface area (Å²) >= 11 is 0. The van der Waals surface area contributed by atoms with Crippen molar-refractivity contribution in [2.75, 3.05) is 19.6 Å². The van der Waals surface area contributed by atoms with E-state index in [0.29, 0.717) is 13.0 Å². The quantitative estimate of drug-likeness (QED) is 0.755. The van der Waals surface area contributed by atoms with Crippen LogP contribution in [0.2, 0.25) is 0 Å². The summed E-state index contributed by atoms with van der Waals surface area (Å²) in [4.78, 5) is 25.2. The van der Waals surface area contributed by atoms with Gasteiger partial charge in [-0.05, 0) is 32.6 Å². The van der Waals surface area contributed by atoms with Gasteiger partial charge in [0.15, 0.2) is 0 Å². The molecule has 2 unspecified atom stereocenters. The normalized spacial score (nSPS) is 25.9. The first-order valence-corrected chi connectivity index (χ1v) is 6.98. The van der Waals surface area contributed by atoms with Crippen LogP contribution in [0, 0.1) is 0 Å². The fourth-order valence-corrected chi connectivity index (χ4v) is 2.62. The molecule has 2 atom stereocenters. The molecular formula is C13H23N3O2. The molecule has 2 aliphatic heterocycles. The molecule has 5 heteroatoms. The van der Waals surface area contributed by atoms with Crippen LogP contribution in [0.5, 0.6) is 0 Å². The first kappa shape index (κ1) is 13.3. The Hall–Kier alpha value is -1.10. The van der Waals surface area contributed by atoms with Crippen LogP contribution in [-0.4, -0.2) is 48.4 Å². The number of likely N-dealkylation sites (tertiary alicyclic amines) is 1. The molecule has 0 aliphatic carbocycles. The average Bonchev–Trinajstić information content (AvgIpc) is 2.82. The minimum Gasteiger partial charge on any atom is -0.352 e. The molecule has 5 nitrogen and oxygen atoms in total. The lowest BCUT2D eigenvalue weighted by Crippen LogP contribution is -2.49. The van der Waals surface area contributed by atoms with Gasteiger partial charge in [0.25, 0.3) is 0 Å². The molecule has 102 valence electrons. The second-order valence-electron chi connectivity index (χ2n) is 5.32. The van der Waals surface area contributed by atoms with Gasteiger partial charge < -0.3 is 15.5 Å². The van der Waals surface area contributed by atoms with Crippen LogP contribution >= 0.6 is 0 Å². The van der Waals surface area contributed by atoms with Gasteiger partial charge in [-0.1, -0.05) is 0 Å². The third-order valence-corrected chi connectivity index (χ3v) is 3.79. The first-order chi connectivity index (χ1) is 8.66. The van der Waals surface area contributed by atoms with Crippen molar-refractivity contribution in [3.63, 3.8) is 0 Å². The predicted octanol–water partition coefficient (Wildman–Crippen LogP) is 0.256. The molecule has 0 aromatic carbocycles. The molecule has 2 rings (SSSR count). The van der Waals surface area contributed by atoms with Gasteiger partial charge in [-0.15, -0.1) is 0 Å². The fraction of sp³-hybridized carbons (Fsp3) is 0.846. The highest BCUT2D eigenvalue weighted by Crippen LogP contribution is 2.10. The van der Waals surface area contributed by atoms with E-state index in [1.54, 1.807) is 0 Å². The molecule has 2 N–H and O–H groups in total. The van der Waals surface area contributed by atoms with E-state index in [1.165, 1.54) is 6.42 Å². The lowest BCUT2D eigenvalue weighted by Gasteiger charge is -2.29. The molecule has 0 radical (unpaired) electrons. The molecule has 2 saturated heterocycles. The Labute approximate surface area is 108 Å². The number of hydrogen-bond donors (Lipinski definition) is 2. The van der Waals surface area contributed by atoms with Crippen LogP contribution in [0.3, 0.4) is 0 Å². The Bertz CT molecular complexity index is 313. The van der Waals surface area contributed by atoms with E-state index >= 15 is 0 Å². The molecular weight excluding hydrogens is 230 g/mol. The number of carbonyl (C=O) groups excluding carboxylic acids is 2. The lowest BCUT2D eigenvalue weighted by atomic mass is 10.1. The number of rotatable bonds is 4. The minimum atomic E-state index is -0.152. The first-order valence-electron chi connectivity index (χ1n) is 6.98. The minimum absolute atomic E-state index is 0.122. The van der Waals surface area contributed by atoms with Gasteiger partial charge in [0.05, 0.1) is 6.04 Å². The van der Waals surface area contributed by atoms with E-state index in [2.05, 4.69) is 10.6 Å². The zero-order valence-corrected chi connectivity index (χ0v) is 11.1. The second-order valence-corrected chi connectivity index (χ2v) is 5.32. The Balaban J connectivity index is 1.71. The second kappa shape index (κ2) is 6.18. The number of amides is 2. The van der Waals surface area contributed by atoms with E-state index in [1.807, 2.05) is 11.8 Å². The van der Waals surface area contributed by atoms with Crippen molar-refractivity contribution in [1.82, 2.24) is 15.5 Å². The van der Waals surface area contributed by atoms with Gasteiger partial charge in [0.1, 0.15) is 0 Å². The Morgan fingerprint density at radius 2 is 2.17 bits per heavy atom. The summed E-state index contributed by atoms with van der Waals surface area (Å²) in [6.45, 7) is 4.39. The van der Waals surface area contributed by atoms with Crippen molar-refractivity contribution in [3.05, 3.63) is 0 Å². The maximum absolute atomic E-state index is 12.1. The average molecular weight is 253 g/mol. The van der Waals surface area contributed by atoms with E-state index in [0.717, 1.165) is 32.4 Å². The van der Waals surface area contributed by atoms with E-state index in [9.17, 15) is 9.59 Å². The van der Waals surface area contributed by atoms with Crippen LogP contribution in [-0.2, 0) is 9.59 Å². The molecule has 0 bridgehead atoms. The van der Waals surface area contributed by atoms with Crippen molar-refractivity contribution in [2.45, 2.75) is 51.1 Å². The van der Waals surface area contributed by atoms with Gasteiger partial charge in [-0.3, -0.25) is 9.59 Å². The maximum Gasteiger partial charge on any atom is 0.239 e. The molecule has 0 saturated carbocycles. The Morgan fingerprint density at radius 3 is 2.78 bits per heavy atom. The summed E-state index contributed by atoms with van der Waals surface area (Å²) in [5, 5.41) is 6.14. The molecule has 0 spiro atoms. The van der Waals surface area contributed by atoms with E-state index < -0.39 is 0 Å². The monoisotopic (exact) mass is 253 g/mol. The largest absolute Gasteiger partial charge is 0.352 e. The summed E-state index contributed by atoms with van der Waals surface area (Å²) in [5.41, 5.74) is 0. The SMILES string of the molecule is CC(NCC1CCC(=O)N1)C(=O)N1CCCCC1. The highest BCUT2D eigenvalue weighted by Gasteiger charge is 2.24. The molecule has 2 aliphatic rings. The molecule has 2 amide bonds. The van der Waals surface area contributed by atoms with E-state index in [-0.39, 0.29) is 23.9 Å². The maximum atomic E-state index is 12.1. The summed E-state index contributed by atoms with van der Waals surface area (Å²) in [7, 11) is 0. The molecule has 18 heavy (non-hydrogen) atoms. The smallest absolute Gasteiger partial charge is 0.239 e. The Morgan fingerprint density at radius 1 is 1.44 bits per heavy atom. The fourth-order valence-electron chi connectivity index (χ4n) is 2.62. The standard InChI is InChI=1S/C13H23N3O2/c1-10(13(18)16-7-3-2-4-8-16)14-9-11-5-6-12(17)15-11/h10-11,14H,2-9H2,1H3,(H,15,17). The van der Waals surface area contributed by atoms with Crippen molar-refractivity contribution in [3.8, 4) is 0 Å². The molecule has 0 aromatic heterocycles. The number of piperidine rings is 1. The summed E-state index contributed by atoms with van der Waals surface area (Å²) in [5.74, 6) is 0.316. The third-order valence-electron chi connectivity index (χ3n) is 3.79. The van der Waals surface area contributed by atoms with Crippen LogP contribution in [0.4, 0.5) is 0 Å². The van der Waals surface area contributed by atoms with Crippen LogP contribution < -0.4 is 10.6 Å². The van der Waals surface area contributed by atoms with Crippen molar-refractivity contribution in [2.24, 2.45) is 0 Å². The summed E-state index contributed by atoms with van der Waals surface area (Å²) in [6.07, 6.45) is 4.96.